The molecule has 1 aromatic carbocycles. The van der Waals surface area contributed by atoms with E-state index < -0.39 is 11.7 Å². The van der Waals surface area contributed by atoms with E-state index >= 15 is 0 Å². The number of benzene rings is 1. The summed E-state index contributed by atoms with van der Waals surface area (Å²) in [6.45, 7) is 0. The Labute approximate surface area is 161 Å². The van der Waals surface area contributed by atoms with Gasteiger partial charge in [0.25, 0.3) is 11.7 Å². The average Bonchev–Trinajstić information content (AvgIpc) is 3.28. The number of hydrogen-bond donors (Lipinski definition) is 2. The normalized spacial score (nSPS) is 10.8. The van der Waals surface area contributed by atoms with Crippen LogP contribution in [0, 0.1) is 0 Å². The number of nitrogens with zero attached hydrogens (tertiary/aromatic N) is 1. The van der Waals surface area contributed by atoms with Gasteiger partial charge in [0.2, 0.25) is 5.91 Å². The molecule has 0 bridgehead atoms. The lowest BCUT2D eigenvalue weighted by Gasteiger charge is -2.05. The molecule has 10 heteroatoms. The molecular formula is C17H13F2N3O3S2. The summed E-state index contributed by atoms with van der Waals surface area (Å²) < 4.78 is 29.6. The molecule has 0 saturated carbocycles. The molecule has 0 fully saturated rings. The molecule has 140 valence electrons. The van der Waals surface area contributed by atoms with Crippen molar-refractivity contribution in [2.75, 3.05) is 10.6 Å². The third-order valence-electron chi connectivity index (χ3n) is 3.22. The Hall–Kier alpha value is -2.72. The van der Waals surface area contributed by atoms with E-state index in [0.29, 0.717) is 33.2 Å². The van der Waals surface area contributed by atoms with Gasteiger partial charge in [0.05, 0.1) is 18.4 Å². The molecule has 0 aliphatic heterocycles. The van der Waals surface area contributed by atoms with Gasteiger partial charge in [0, 0.05) is 16.0 Å². The molecule has 3 rings (SSSR count). The number of thioether (sulfide) groups is 1. The fraction of sp³-hybridized carbons (Fsp3) is 0.118. The Kier molecular flexibility index (Phi) is 6.20. The van der Waals surface area contributed by atoms with Gasteiger partial charge in [-0.3, -0.25) is 14.9 Å². The Morgan fingerprint density at radius 2 is 1.96 bits per heavy atom. The summed E-state index contributed by atoms with van der Waals surface area (Å²) in [5.41, 5.74) is 0.998. The molecule has 0 saturated heterocycles. The van der Waals surface area contributed by atoms with Gasteiger partial charge in [-0.2, -0.15) is 8.78 Å². The van der Waals surface area contributed by atoms with E-state index in [-0.39, 0.29) is 18.1 Å². The maximum absolute atomic E-state index is 12.3. The summed E-state index contributed by atoms with van der Waals surface area (Å²) in [4.78, 5) is 28.6. The number of rotatable bonds is 7. The van der Waals surface area contributed by atoms with E-state index in [0.717, 1.165) is 0 Å². The lowest BCUT2D eigenvalue weighted by Crippen LogP contribution is -2.15. The third-order valence-corrected chi connectivity index (χ3v) is 4.75. The summed E-state index contributed by atoms with van der Waals surface area (Å²) in [6, 6.07) is 9.26. The minimum Gasteiger partial charge on any atom is -0.459 e. The zero-order valence-corrected chi connectivity index (χ0v) is 15.3. The van der Waals surface area contributed by atoms with Gasteiger partial charge < -0.3 is 9.73 Å². The second-order valence-corrected chi connectivity index (χ2v) is 7.12. The van der Waals surface area contributed by atoms with Crippen LogP contribution in [-0.4, -0.2) is 22.6 Å². The summed E-state index contributed by atoms with van der Waals surface area (Å²) in [5, 5.41) is 7.28. The first-order valence-electron chi connectivity index (χ1n) is 7.63. The predicted molar refractivity (Wildman–Crippen MR) is 99.4 cm³/mol. The zero-order chi connectivity index (χ0) is 19.2. The molecule has 0 unspecified atom stereocenters. The predicted octanol–water partition coefficient (Wildman–Crippen LogP) is 4.48. The highest BCUT2D eigenvalue weighted by Gasteiger charge is 2.13. The van der Waals surface area contributed by atoms with Crippen LogP contribution < -0.4 is 10.6 Å². The summed E-state index contributed by atoms with van der Waals surface area (Å²) >= 11 is 1.63. The largest absolute Gasteiger partial charge is 0.459 e. The van der Waals surface area contributed by atoms with Crippen LogP contribution in [0.2, 0.25) is 0 Å². The SMILES string of the molecule is O=C(Cc1csc(NC(=O)c2ccco2)n1)Nc1ccc(SC(F)F)cc1. The highest BCUT2D eigenvalue weighted by Crippen LogP contribution is 2.26. The number of anilines is 2. The quantitative estimate of drug-likeness (QED) is 0.562. The fourth-order valence-corrected chi connectivity index (χ4v) is 3.31. The van der Waals surface area contributed by atoms with Gasteiger partial charge in [-0.05, 0) is 36.4 Å². The number of furan rings is 1. The summed E-state index contributed by atoms with van der Waals surface area (Å²) in [6.07, 6.45) is 1.41. The molecule has 6 nitrogen and oxygen atoms in total. The maximum atomic E-state index is 12.3. The lowest BCUT2D eigenvalue weighted by atomic mass is 10.3. The first-order chi connectivity index (χ1) is 13.0. The van der Waals surface area contributed by atoms with E-state index in [9.17, 15) is 18.4 Å². The van der Waals surface area contributed by atoms with Gasteiger partial charge in [-0.15, -0.1) is 11.3 Å². The smallest absolute Gasteiger partial charge is 0.293 e. The van der Waals surface area contributed by atoms with Crippen LogP contribution in [0.1, 0.15) is 16.2 Å². The highest BCUT2D eigenvalue weighted by atomic mass is 32.2. The van der Waals surface area contributed by atoms with Crippen LogP contribution in [0.3, 0.4) is 0 Å². The number of halogens is 2. The Morgan fingerprint density at radius 1 is 1.19 bits per heavy atom. The van der Waals surface area contributed by atoms with Crippen molar-refractivity contribution in [1.29, 1.82) is 0 Å². The number of carbonyl (C=O) groups is 2. The van der Waals surface area contributed by atoms with Crippen molar-refractivity contribution >= 4 is 45.7 Å². The van der Waals surface area contributed by atoms with Crippen molar-refractivity contribution < 1.29 is 22.8 Å². The molecule has 0 spiro atoms. The van der Waals surface area contributed by atoms with Crippen molar-refractivity contribution in [3.63, 3.8) is 0 Å². The molecular weight excluding hydrogens is 396 g/mol. The van der Waals surface area contributed by atoms with E-state index in [1.54, 1.807) is 23.6 Å². The summed E-state index contributed by atoms with van der Waals surface area (Å²) in [7, 11) is 0. The Balaban J connectivity index is 1.52. The van der Waals surface area contributed by atoms with Gasteiger partial charge >= 0.3 is 0 Å². The first-order valence-corrected chi connectivity index (χ1v) is 9.39. The zero-order valence-electron chi connectivity index (χ0n) is 13.6. The van der Waals surface area contributed by atoms with Gasteiger partial charge in [0.15, 0.2) is 10.9 Å². The molecule has 0 aliphatic rings. The van der Waals surface area contributed by atoms with Crippen LogP contribution in [0.5, 0.6) is 0 Å². The third kappa shape index (κ3) is 5.63. The molecule has 2 aromatic heterocycles. The van der Waals surface area contributed by atoms with Gasteiger partial charge in [-0.25, -0.2) is 4.98 Å². The number of amides is 2. The standard InChI is InChI=1S/C17H13F2N3O3S2/c18-16(19)27-12-5-3-10(4-6-12)20-14(23)8-11-9-26-17(21-11)22-15(24)13-2-1-7-25-13/h1-7,9,16H,8H2,(H,20,23)(H,21,22,24). The van der Waals surface area contributed by atoms with Crippen LogP contribution in [0.25, 0.3) is 0 Å². The number of nitrogens with one attached hydrogen (secondary N) is 2. The average molecular weight is 409 g/mol. The van der Waals surface area contributed by atoms with Crippen LogP contribution >= 0.6 is 23.1 Å². The minimum atomic E-state index is -2.49. The first kappa shape index (κ1) is 19.1. The Morgan fingerprint density at radius 3 is 2.63 bits per heavy atom. The van der Waals surface area contributed by atoms with Crippen molar-refractivity contribution in [2.45, 2.75) is 17.1 Å². The fourth-order valence-electron chi connectivity index (χ4n) is 2.10. The van der Waals surface area contributed by atoms with Gasteiger partial charge in [-0.1, -0.05) is 11.8 Å². The van der Waals surface area contributed by atoms with Crippen LogP contribution in [0.15, 0.2) is 57.4 Å². The topological polar surface area (TPSA) is 84.2 Å². The molecule has 0 atom stereocenters. The van der Waals surface area contributed by atoms with Gasteiger partial charge in [0.1, 0.15) is 0 Å². The number of carbonyl (C=O) groups excluding carboxylic acids is 2. The van der Waals surface area contributed by atoms with Crippen molar-refractivity contribution in [3.8, 4) is 0 Å². The Bertz CT molecular complexity index is 912. The molecule has 0 aliphatic carbocycles. The van der Waals surface area contributed by atoms with E-state index in [1.165, 1.54) is 35.8 Å². The second-order valence-electron chi connectivity index (χ2n) is 5.20. The number of aromatic nitrogens is 1. The molecule has 2 N–H and O–H groups in total. The lowest BCUT2D eigenvalue weighted by molar-refractivity contribution is -0.115. The number of thiazole rings is 1. The van der Waals surface area contributed by atoms with Crippen molar-refractivity contribution in [3.05, 3.63) is 59.5 Å². The molecule has 3 aromatic rings. The van der Waals surface area contributed by atoms with Crippen LogP contribution in [0.4, 0.5) is 19.6 Å². The highest BCUT2D eigenvalue weighted by molar-refractivity contribution is 7.99. The van der Waals surface area contributed by atoms with Crippen molar-refractivity contribution in [1.82, 2.24) is 4.98 Å². The molecule has 0 radical (unpaired) electrons. The maximum Gasteiger partial charge on any atom is 0.293 e. The monoisotopic (exact) mass is 409 g/mol. The number of hydrogen-bond acceptors (Lipinski definition) is 6. The van der Waals surface area contributed by atoms with E-state index in [2.05, 4.69) is 15.6 Å². The molecule has 2 heterocycles. The summed E-state index contributed by atoms with van der Waals surface area (Å²) in [5.74, 6) is -3.05. The van der Waals surface area contributed by atoms with Crippen LogP contribution in [-0.2, 0) is 11.2 Å². The van der Waals surface area contributed by atoms with Crippen molar-refractivity contribution in [2.24, 2.45) is 0 Å². The second kappa shape index (κ2) is 8.78. The van der Waals surface area contributed by atoms with E-state index in [4.69, 9.17) is 4.42 Å². The number of alkyl halides is 2. The van der Waals surface area contributed by atoms with E-state index in [1.807, 2.05) is 0 Å². The minimum absolute atomic E-state index is 0.0145. The molecule has 27 heavy (non-hydrogen) atoms. The molecule has 2 amide bonds.